The largest absolute Gasteiger partial charge is 0.331 e. The van der Waals surface area contributed by atoms with E-state index in [0.717, 1.165) is 11.8 Å². The van der Waals surface area contributed by atoms with Crippen LogP contribution in [0, 0.1) is 0 Å². The van der Waals surface area contributed by atoms with E-state index in [0.29, 0.717) is 0 Å². The van der Waals surface area contributed by atoms with E-state index in [9.17, 15) is 0 Å². The molecule has 2 N–H and O–H groups in total. The summed E-state index contributed by atoms with van der Waals surface area (Å²) in [6, 6.07) is 0. The van der Waals surface area contributed by atoms with Gasteiger partial charge in [0, 0.05) is 5.25 Å². The fourth-order valence-corrected chi connectivity index (χ4v) is 1.29. The van der Waals surface area contributed by atoms with Crippen molar-refractivity contribution in [3.05, 3.63) is 13.2 Å². The summed E-state index contributed by atoms with van der Waals surface area (Å²) in [5.74, 6) is 0. The Kier molecular flexibility index (Phi) is 93.2. The third-order valence-electron chi connectivity index (χ3n) is 1.30. The summed E-state index contributed by atoms with van der Waals surface area (Å²) in [4.78, 5) is 17.6. The first kappa shape index (κ1) is 30.4. The van der Waals surface area contributed by atoms with Crippen LogP contribution in [0.2, 0.25) is 0 Å². The first-order valence-corrected chi connectivity index (χ1v) is 7.58. The molecular weight excluding hydrogens is 246 g/mol. The smallest absolute Gasteiger partial charge is 0.182 e. The number of carbonyl (C=O) groups excluding carboxylic acids is 2. The zero-order chi connectivity index (χ0) is 15.8. The second kappa shape index (κ2) is 55.1. The van der Waals surface area contributed by atoms with Crippen LogP contribution in [-0.2, 0) is 9.59 Å². The first-order chi connectivity index (χ1) is 8.67. The number of rotatable bonds is 4. The van der Waals surface area contributed by atoms with Gasteiger partial charge < -0.3 is 5.73 Å². The van der Waals surface area contributed by atoms with E-state index >= 15 is 0 Å². The Morgan fingerprint density at radius 3 is 1.28 bits per heavy atom. The molecule has 0 spiro atoms. The van der Waals surface area contributed by atoms with Crippen LogP contribution >= 0.6 is 11.8 Å². The zero-order valence-electron chi connectivity index (χ0n) is 13.1. The lowest BCUT2D eigenvalue weighted by Gasteiger charge is -2.05. The molecular formula is C14H33NO2S. The van der Waals surface area contributed by atoms with Crippen LogP contribution < -0.4 is 5.73 Å². The molecule has 0 saturated carbocycles. The standard InChI is InChI=1S/C6H14S.C2H7N.C2H2O2.C2H6.C2H4/c1-4-6(5-2)7-3;1-2-3;3-1-2-4;2*1-2/h6H,4-5H2,1-3H3;2-3H2,1H3;1-2H;1-2H3;1-2H2. The Labute approximate surface area is 119 Å². The summed E-state index contributed by atoms with van der Waals surface area (Å²) in [6.45, 7) is 17.1. The molecule has 0 heterocycles. The minimum Gasteiger partial charge on any atom is -0.331 e. The third-order valence-corrected chi connectivity index (χ3v) is 2.63. The molecule has 112 valence electrons. The van der Waals surface area contributed by atoms with Crippen molar-refractivity contribution in [3.63, 3.8) is 0 Å². The second-order valence-electron chi connectivity index (χ2n) is 2.35. The predicted octanol–water partition coefficient (Wildman–Crippen LogP) is 3.72. The van der Waals surface area contributed by atoms with Gasteiger partial charge in [0.1, 0.15) is 0 Å². The highest BCUT2D eigenvalue weighted by atomic mass is 32.2. The molecule has 4 heteroatoms. The molecule has 0 aliphatic rings. The van der Waals surface area contributed by atoms with E-state index in [1.54, 1.807) is 0 Å². The maximum atomic E-state index is 8.81. The summed E-state index contributed by atoms with van der Waals surface area (Å²) in [5, 5.41) is 0.903. The summed E-state index contributed by atoms with van der Waals surface area (Å²) < 4.78 is 0. The molecule has 0 amide bonds. The predicted molar refractivity (Wildman–Crippen MR) is 87.3 cm³/mol. The molecule has 0 bridgehead atoms. The molecule has 18 heavy (non-hydrogen) atoms. The van der Waals surface area contributed by atoms with Gasteiger partial charge in [0.05, 0.1) is 0 Å². The summed E-state index contributed by atoms with van der Waals surface area (Å²) >= 11 is 1.97. The van der Waals surface area contributed by atoms with Crippen LogP contribution in [0.15, 0.2) is 13.2 Å². The van der Waals surface area contributed by atoms with Crippen LogP contribution in [0.4, 0.5) is 0 Å². The second-order valence-corrected chi connectivity index (χ2v) is 3.49. The lowest BCUT2D eigenvalue weighted by Crippen LogP contribution is -1.94. The normalized spacial score (nSPS) is 6.67. The van der Waals surface area contributed by atoms with Gasteiger partial charge in [-0.15, -0.1) is 13.2 Å². The van der Waals surface area contributed by atoms with E-state index in [1.165, 1.54) is 12.8 Å². The van der Waals surface area contributed by atoms with E-state index < -0.39 is 0 Å². The summed E-state index contributed by atoms with van der Waals surface area (Å²) in [5.41, 5.74) is 4.85. The number of thioether (sulfide) groups is 1. The molecule has 0 unspecified atom stereocenters. The van der Waals surface area contributed by atoms with Crippen LogP contribution in [0.25, 0.3) is 0 Å². The van der Waals surface area contributed by atoms with Crippen molar-refractivity contribution in [2.24, 2.45) is 5.73 Å². The summed E-state index contributed by atoms with van der Waals surface area (Å²) in [7, 11) is 0. The Morgan fingerprint density at radius 1 is 1.06 bits per heavy atom. The highest BCUT2D eigenvalue weighted by molar-refractivity contribution is 7.99. The minimum atomic E-state index is 0.194. The Bertz CT molecular complexity index is 107. The lowest BCUT2D eigenvalue weighted by molar-refractivity contribution is -0.122. The molecule has 0 radical (unpaired) electrons. The van der Waals surface area contributed by atoms with Gasteiger partial charge in [0.2, 0.25) is 0 Å². The van der Waals surface area contributed by atoms with Gasteiger partial charge in [-0.1, -0.05) is 34.6 Å². The Morgan fingerprint density at radius 2 is 1.28 bits per heavy atom. The zero-order valence-corrected chi connectivity index (χ0v) is 13.9. The average Bonchev–Trinajstić information content (AvgIpc) is 2.46. The fraction of sp³-hybridized carbons (Fsp3) is 0.714. The highest BCUT2D eigenvalue weighted by Gasteiger charge is 1.96. The third kappa shape index (κ3) is 78.0. The van der Waals surface area contributed by atoms with Gasteiger partial charge in [-0.2, -0.15) is 11.8 Å². The van der Waals surface area contributed by atoms with Gasteiger partial charge in [-0.05, 0) is 25.6 Å². The van der Waals surface area contributed by atoms with Crippen LogP contribution in [0.5, 0.6) is 0 Å². The van der Waals surface area contributed by atoms with Crippen molar-refractivity contribution in [1.29, 1.82) is 0 Å². The minimum absolute atomic E-state index is 0.194. The quantitative estimate of drug-likeness (QED) is 0.484. The van der Waals surface area contributed by atoms with Gasteiger partial charge >= 0.3 is 0 Å². The molecule has 0 aromatic rings. The molecule has 0 aliphatic carbocycles. The van der Waals surface area contributed by atoms with E-state index in [1.807, 2.05) is 32.5 Å². The van der Waals surface area contributed by atoms with Gasteiger partial charge in [-0.3, -0.25) is 9.59 Å². The molecule has 0 aliphatic heterocycles. The molecule has 0 saturated heterocycles. The first-order valence-electron chi connectivity index (χ1n) is 6.29. The number of aldehydes is 2. The molecule has 0 rings (SSSR count). The lowest BCUT2D eigenvalue weighted by atomic mass is 10.3. The topological polar surface area (TPSA) is 60.2 Å². The van der Waals surface area contributed by atoms with Crippen molar-refractivity contribution < 1.29 is 9.59 Å². The van der Waals surface area contributed by atoms with E-state index in [2.05, 4.69) is 33.3 Å². The Hall–Kier alpha value is -0.610. The maximum Gasteiger partial charge on any atom is 0.182 e. The Balaban J connectivity index is -0.0000000441. The highest BCUT2D eigenvalue weighted by Crippen LogP contribution is 2.12. The van der Waals surface area contributed by atoms with Crippen molar-refractivity contribution in [3.8, 4) is 0 Å². The van der Waals surface area contributed by atoms with E-state index in [4.69, 9.17) is 15.3 Å². The fourth-order valence-electron chi connectivity index (χ4n) is 0.622. The average molecular weight is 279 g/mol. The van der Waals surface area contributed by atoms with Gasteiger partial charge in [0.15, 0.2) is 12.6 Å². The number of hydrogen-bond donors (Lipinski definition) is 1. The van der Waals surface area contributed by atoms with Crippen LogP contribution in [0.3, 0.4) is 0 Å². The van der Waals surface area contributed by atoms with Crippen molar-refractivity contribution in [2.45, 2.75) is 52.7 Å². The molecule has 0 fully saturated rings. The molecule has 0 aromatic carbocycles. The summed E-state index contributed by atoms with van der Waals surface area (Å²) in [6.07, 6.45) is 5.20. The number of hydrogen-bond acceptors (Lipinski definition) is 4. The van der Waals surface area contributed by atoms with Gasteiger partial charge in [-0.25, -0.2) is 0 Å². The maximum absolute atomic E-state index is 8.81. The van der Waals surface area contributed by atoms with Crippen LogP contribution in [-0.4, -0.2) is 30.6 Å². The van der Waals surface area contributed by atoms with Crippen molar-refractivity contribution in [2.75, 3.05) is 12.8 Å². The van der Waals surface area contributed by atoms with E-state index in [-0.39, 0.29) is 12.6 Å². The molecule has 0 atom stereocenters. The number of nitrogens with two attached hydrogens (primary N) is 1. The van der Waals surface area contributed by atoms with Crippen molar-refractivity contribution >= 4 is 24.3 Å². The van der Waals surface area contributed by atoms with Gasteiger partial charge in [0.25, 0.3) is 0 Å². The SMILES string of the molecule is C=C.CC.CCC(CC)SC.CCN.O=CC=O. The van der Waals surface area contributed by atoms with Crippen LogP contribution in [0.1, 0.15) is 47.5 Å². The monoisotopic (exact) mass is 279 g/mol. The number of carbonyl (C=O) groups is 2. The molecule has 3 nitrogen and oxygen atoms in total. The van der Waals surface area contributed by atoms with Crippen molar-refractivity contribution in [1.82, 2.24) is 0 Å². The molecule has 0 aromatic heterocycles.